The van der Waals surface area contributed by atoms with Gasteiger partial charge in [0.15, 0.2) is 11.6 Å². The van der Waals surface area contributed by atoms with E-state index in [1.54, 1.807) is 36.4 Å². The minimum atomic E-state index is -1.16. The highest BCUT2D eigenvalue weighted by Gasteiger charge is 2.18. The van der Waals surface area contributed by atoms with Crippen LogP contribution in [0.2, 0.25) is 0 Å². The molecule has 2 aromatic heterocycles. The number of benzene rings is 2. The maximum absolute atomic E-state index is 13.8. The Morgan fingerprint density at radius 3 is 2.19 bits per heavy atom. The Morgan fingerprint density at radius 2 is 1.50 bits per heavy atom. The van der Waals surface area contributed by atoms with Crippen LogP contribution in [-0.4, -0.2) is 14.1 Å². The van der Waals surface area contributed by atoms with Crippen molar-refractivity contribution in [1.29, 1.82) is 0 Å². The maximum atomic E-state index is 13.8. The van der Waals surface area contributed by atoms with Gasteiger partial charge in [-0.15, -0.1) is 0 Å². The van der Waals surface area contributed by atoms with Crippen molar-refractivity contribution < 1.29 is 8.78 Å². The molecule has 2 heterocycles. The van der Waals surface area contributed by atoms with E-state index >= 15 is 0 Å². The molecular formula is C19H11F2N3O2. The zero-order valence-corrected chi connectivity index (χ0v) is 13.3. The van der Waals surface area contributed by atoms with Gasteiger partial charge >= 0.3 is 5.69 Å². The van der Waals surface area contributed by atoms with E-state index in [1.807, 2.05) is 0 Å². The smallest absolute Gasteiger partial charge is 0.268 e. The molecule has 0 bridgehead atoms. The number of nitrogens with zero attached hydrogens (tertiary/aromatic N) is 3. The van der Waals surface area contributed by atoms with Gasteiger partial charge in [0, 0.05) is 12.3 Å². The third kappa shape index (κ3) is 2.41. The summed E-state index contributed by atoms with van der Waals surface area (Å²) in [5.41, 5.74) is -0.799. The summed E-state index contributed by atoms with van der Waals surface area (Å²) in [6.45, 7) is 0. The summed E-state index contributed by atoms with van der Waals surface area (Å²) >= 11 is 0. The molecular weight excluding hydrogens is 340 g/mol. The number of rotatable bonds is 2. The molecule has 5 nitrogen and oxygen atoms in total. The van der Waals surface area contributed by atoms with Gasteiger partial charge in [0.05, 0.1) is 28.5 Å². The number of hydrogen-bond acceptors (Lipinski definition) is 3. The lowest BCUT2D eigenvalue weighted by molar-refractivity contribution is 0.510. The Kier molecular flexibility index (Phi) is 3.69. The first-order valence-electron chi connectivity index (χ1n) is 7.70. The Balaban J connectivity index is 2.24. The van der Waals surface area contributed by atoms with Crippen molar-refractivity contribution >= 4 is 10.9 Å². The van der Waals surface area contributed by atoms with E-state index in [4.69, 9.17) is 0 Å². The summed E-state index contributed by atoms with van der Waals surface area (Å²) in [5.74, 6) is -2.30. The second kappa shape index (κ2) is 6.03. The molecule has 0 aliphatic rings. The third-order valence-corrected chi connectivity index (χ3v) is 4.01. The summed E-state index contributed by atoms with van der Waals surface area (Å²) < 4.78 is 29.7. The second-order valence-corrected chi connectivity index (χ2v) is 5.59. The van der Waals surface area contributed by atoms with Crippen molar-refractivity contribution in [3.8, 4) is 11.4 Å². The van der Waals surface area contributed by atoms with Gasteiger partial charge in [0.1, 0.15) is 0 Å². The lowest BCUT2D eigenvalue weighted by Crippen LogP contribution is -2.38. The number of fused-ring (bicyclic) bond motifs is 1. The van der Waals surface area contributed by atoms with Crippen molar-refractivity contribution in [1.82, 2.24) is 14.1 Å². The molecule has 0 fully saturated rings. The molecule has 4 aromatic rings. The molecule has 2 aromatic carbocycles. The highest BCUT2D eigenvalue weighted by Crippen LogP contribution is 2.18. The summed E-state index contributed by atoms with van der Waals surface area (Å²) in [7, 11) is 0. The van der Waals surface area contributed by atoms with Crippen molar-refractivity contribution in [2.45, 2.75) is 0 Å². The average Bonchev–Trinajstić information content (AvgIpc) is 2.66. The summed E-state index contributed by atoms with van der Waals surface area (Å²) in [4.78, 5) is 29.8. The largest absolute Gasteiger partial charge is 0.340 e. The maximum Gasteiger partial charge on any atom is 0.340 e. The minimum Gasteiger partial charge on any atom is -0.268 e. The van der Waals surface area contributed by atoms with Crippen LogP contribution in [0.15, 0.2) is 76.6 Å². The Hall–Kier alpha value is -3.61. The van der Waals surface area contributed by atoms with E-state index in [1.165, 1.54) is 23.0 Å². The molecule has 0 radical (unpaired) electrons. The van der Waals surface area contributed by atoms with Gasteiger partial charge in [-0.3, -0.25) is 14.3 Å². The van der Waals surface area contributed by atoms with Crippen LogP contribution < -0.4 is 11.2 Å². The highest BCUT2D eigenvalue weighted by atomic mass is 19.2. The fraction of sp³-hybridized carbons (Fsp3) is 0. The van der Waals surface area contributed by atoms with Gasteiger partial charge in [-0.25, -0.2) is 18.1 Å². The van der Waals surface area contributed by atoms with Crippen LogP contribution in [0.3, 0.4) is 0 Å². The topological polar surface area (TPSA) is 56.9 Å². The molecule has 0 aliphatic heterocycles. The van der Waals surface area contributed by atoms with Crippen LogP contribution in [0.4, 0.5) is 8.78 Å². The zero-order valence-electron chi connectivity index (χ0n) is 13.3. The molecule has 4 rings (SSSR count). The van der Waals surface area contributed by atoms with Gasteiger partial charge < -0.3 is 0 Å². The van der Waals surface area contributed by atoms with Gasteiger partial charge in [-0.05, 0) is 30.3 Å². The fourth-order valence-electron chi connectivity index (χ4n) is 2.84. The molecule has 0 unspecified atom stereocenters. The normalized spacial score (nSPS) is 11.0. The van der Waals surface area contributed by atoms with Crippen LogP contribution in [-0.2, 0) is 0 Å². The number of aromatic nitrogens is 3. The summed E-state index contributed by atoms with van der Waals surface area (Å²) in [6, 6.07) is 13.2. The predicted octanol–water partition coefficient (Wildman–Crippen LogP) is 2.81. The molecule has 0 aliphatic carbocycles. The van der Waals surface area contributed by atoms with Crippen molar-refractivity contribution in [3.63, 3.8) is 0 Å². The third-order valence-electron chi connectivity index (χ3n) is 4.01. The quantitative estimate of drug-likeness (QED) is 0.558. The Labute approximate surface area is 145 Å². The average molecular weight is 351 g/mol. The summed E-state index contributed by atoms with van der Waals surface area (Å²) in [6.07, 6.45) is 2.85. The SMILES string of the molecule is O=c1c2cc(F)c(F)cc2n(-c2ccccc2)c(=O)n1-c1cccnc1. The van der Waals surface area contributed by atoms with Crippen LogP contribution in [0.1, 0.15) is 0 Å². The van der Waals surface area contributed by atoms with E-state index in [0.29, 0.717) is 5.69 Å². The number of hydrogen-bond donors (Lipinski definition) is 0. The predicted molar refractivity (Wildman–Crippen MR) is 92.9 cm³/mol. The van der Waals surface area contributed by atoms with Gasteiger partial charge in [-0.1, -0.05) is 18.2 Å². The van der Waals surface area contributed by atoms with E-state index in [-0.39, 0.29) is 16.6 Å². The van der Waals surface area contributed by atoms with Crippen molar-refractivity contribution in [2.75, 3.05) is 0 Å². The van der Waals surface area contributed by atoms with E-state index in [0.717, 1.165) is 16.7 Å². The first-order chi connectivity index (χ1) is 12.6. The zero-order chi connectivity index (χ0) is 18.3. The van der Waals surface area contributed by atoms with Gasteiger partial charge in [0.25, 0.3) is 5.56 Å². The molecule has 128 valence electrons. The molecule has 0 atom stereocenters. The molecule has 0 spiro atoms. The number of pyridine rings is 1. The second-order valence-electron chi connectivity index (χ2n) is 5.59. The lowest BCUT2D eigenvalue weighted by atomic mass is 10.2. The molecule has 0 N–H and O–H groups in total. The highest BCUT2D eigenvalue weighted by molar-refractivity contribution is 5.80. The van der Waals surface area contributed by atoms with Crippen molar-refractivity contribution in [2.24, 2.45) is 0 Å². The van der Waals surface area contributed by atoms with Gasteiger partial charge in [0.2, 0.25) is 0 Å². The molecule has 0 amide bonds. The van der Waals surface area contributed by atoms with E-state index < -0.39 is 22.9 Å². The molecule has 26 heavy (non-hydrogen) atoms. The van der Waals surface area contributed by atoms with E-state index in [9.17, 15) is 18.4 Å². The Morgan fingerprint density at radius 1 is 0.808 bits per heavy atom. The standard InChI is InChI=1S/C19H11F2N3O2/c20-15-9-14-17(10-16(15)21)23(12-5-2-1-3-6-12)19(26)24(18(14)25)13-7-4-8-22-11-13/h1-11H. The summed E-state index contributed by atoms with van der Waals surface area (Å²) in [5, 5.41) is -0.115. The van der Waals surface area contributed by atoms with Crippen LogP contribution in [0.5, 0.6) is 0 Å². The van der Waals surface area contributed by atoms with Gasteiger partial charge in [-0.2, -0.15) is 0 Å². The number of halogens is 2. The van der Waals surface area contributed by atoms with Crippen LogP contribution >= 0.6 is 0 Å². The monoisotopic (exact) mass is 351 g/mol. The first kappa shape index (κ1) is 15.9. The molecule has 0 saturated carbocycles. The van der Waals surface area contributed by atoms with E-state index in [2.05, 4.69) is 4.98 Å². The minimum absolute atomic E-state index is 0.00904. The first-order valence-corrected chi connectivity index (χ1v) is 7.70. The fourth-order valence-corrected chi connectivity index (χ4v) is 2.84. The molecule has 0 saturated heterocycles. The lowest BCUT2D eigenvalue weighted by Gasteiger charge is -2.14. The Bertz CT molecular complexity index is 1230. The molecule has 7 heteroatoms. The van der Waals surface area contributed by atoms with Crippen LogP contribution in [0.25, 0.3) is 22.3 Å². The van der Waals surface area contributed by atoms with Crippen LogP contribution in [0, 0.1) is 11.6 Å². The van der Waals surface area contributed by atoms with Crippen molar-refractivity contribution in [3.05, 3.63) is 99.5 Å². The number of para-hydroxylation sites is 1.